The Morgan fingerprint density at radius 2 is 0.591 bits per heavy atom. The topological polar surface area (TPSA) is 121 Å². The van der Waals surface area contributed by atoms with Crippen LogP contribution in [0.25, 0.3) is 0 Å². The molecule has 0 N–H and O–H groups in total. The van der Waals surface area contributed by atoms with E-state index in [0.717, 1.165) is 19.1 Å². The molecule has 0 saturated heterocycles. The van der Waals surface area contributed by atoms with Gasteiger partial charge in [-0.25, -0.2) is 10.0 Å². The Hall–Kier alpha value is -5.33. The molecule has 0 aromatic carbocycles. The summed E-state index contributed by atoms with van der Waals surface area (Å²) in [6.45, 7) is -11.3. The SMILES string of the molecule is CCOc1nc(OCC(F)(F)C(F)(F)C(F)(F)C(F)(F)F)nc(N2CC=CCN2c2nc(OCC(F)(F)C(F)(F)C(F)(F)C(F)(F)F)nc(OCC(F)(F)C(F)(F)C(F)(F)C(F)(F)F)n2)n1. The third-order valence-electron chi connectivity index (χ3n) is 7.69. The Morgan fingerprint density at radius 3 is 0.803 bits per heavy atom. The first-order chi connectivity index (χ1) is 29.4. The maximum Gasteiger partial charge on any atom is 0.460 e. The number of ether oxygens (including phenoxy) is 4. The molecule has 0 saturated carbocycles. The fourth-order valence-corrected chi connectivity index (χ4v) is 4.16. The Balaban J connectivity index is 2.17. The summed E-state index contributed by atoms with van der Waals surface area (Å²) in [7, 11) is 0. The fourth-order valence-electron chi connectivity index (χ4n) is 4.16. The molecule has 0 fully saturated rings. The number of hydrogen-bond acceptors (Lipinski definition) is 12. The van der Waals surface area contributed by atoms with Gasteiger partial charge in [-0.05, 0) is 6.92 Å². The van der Waals surface area contributed by atoms with E-state index in [4.69, 9.17) is 4.74 Å². The summed E-state index contributed by atoms with van der Waals surface area (Å²) in [5, 5.41) is 0.543. The smallest absolute Gasteiger partial charge is 0.460 e. The molecule has 39 heteroatoms. The van der Waals surface area contributed by atoms with Gasteiger partial charge in [0, 0.05) is 0 Å². The van der Waals surface area contributed by atoms with Crippen molar-refractivity contribution >= 4 is 11.9 Å². The number of nitrogens with zero attached hydrogens (tertiary/aromatic N) is 8. The minimum absolute atomic E-state index is 0.220. The first-order valence-corrected chi connectivity index (χ1v) is 16.2. The van der Waals surface area contributed by atoms with Gasteiger partial charge in [-0.3, -0.25) is 0 Å². The normalized spacial score (nSPS) is 15.9. The van der Waals surface area contributed by atoms with Crippen molar-refractivity contribution in [3.63, 3.8) is 0 Å². The molecule has 0 spiro atoms. The molecule has 0 atom stereocenters. The molecule has 1 aliphatic heterocycles. The van der Waals surface area contributed by atoms with Gasteiger partial charge in [-0.1, -0.05) is 12.2 Å². The summed E-state index contributed by atoms with van der Waals surface area (Å²) in [6, 6.07) is -7.34. The van der Waals surface area contributed by atoms with Crippen LogP contribution in [0.3, 0.4) is 0 Å². The zero-order chi connectivity index (χ0) is 51.3. The van der Waals surface area contributed by atoms with Crippen molar-refractivity contribution in [1.82, 2.24) is 29.9 Å². The second-order valence-corrected chi connectivity index (χ2v) is 12.4. The predicted octanol–water partition coefficient (Wildman–Crippen LogP) is 8.79. The van der Waals surface area contributed by atoms with Crippen molar-refractivity contribution in [3.05, 3.63) is 12.2 Å². The summed E-state index contributed by atoms with van der Waals surface area (Å²) in [5.74, 6) is -67.5. The van der Waals surface area contributed by atoms with E-state index in [-0.39, 0.29) is 5.01 Å². The third kappa shape index (κ3) is 10.0. The van der Waals surface area contributed by atoms with E-state index in [9.17, 15) is 119 Å². The standard InChI is InChI=1S/C27H17F27N8O4/c1-2-63-12-55-10(56-13(59-12)64-7-16(28,29)19(34,35)22(40,41)25(46,47)48)61-5-3-4-6-62(61)11-57-14(65-8-17(30,31)20(36,37)23(42,43)26(49,50)51)60-15(58-11)66-9-18(32,33)21(38,39)24(44,45)27(52,53)54/h3-4H,2,5-9H2,1H3. The van der Waals surface area contributed by atoms with Gasteiger partial charge in [0.05, 0.1) is 19.7 Å². The Labute approximate surface area is 344 Å². The monoisotopic (exact) mass is 1030 g/mol. The van der Waals surface area contributed by atoms with Crippen LogP contribution < -0.4 is 29.0 Å². The molecule has 66 heavy (non-hydrogen) atoms. The number of halogens is 27. The number of rotatable bonds is 19. The molecule has 378 valence electrons. The molecule has 0 bridgehead atoms. The van der Waals surface area contributed by atoms with Crippen LogP contribution in [0.5, 0.6) is 24.0 Å². The zero-order valence-electron chi connectivity index (χ0n) is 30.8. The van der Waals surface area contributed by atoms with Crippen molar-refractivity contribution in [2.24, 2.45) is 0 Å². The number of hydrazine groups is 1. The molecule has 1 aliphatic rings. The number of hydrogen-bond donors (Lipinski definition) is 0. The van der Waals surface area contributed by atoms with E-state index in [2.05, 4.69) is 44.1 Å². The van der Waals surface area contributed by atoms with Crippen molar-refractivity contribution in [3.8, 4) is 24.0 Å². The predicted molar refractivity (Wildman–Crippen MR) is 154 cm³/mol. The molecule has 3 heterocycles. The molecule has 3 rings (SSSR count). The average molecular weight is 1030 g/mol. The van der Waals surface area contributed by atoms with Crippen LogP contribution in [0, 0.1) is 0 Å². The summed E-state index contributed by atoms with van der Waals surface area (Å²) >= 11 is 0. The van der Waals surface area contributed by atoms with Crippen LogP contribution in [0.2, 0.25) is 0 Å². The van der Waals surface area contributed by atoms with Crippen molar-refractivity contribution in [1.29, 1.82) is 0 Å². The molecule has 12 nitrogen and oxygen atoms in total. The molecular formula is C27H17F27N8O4. The number of aromatic nitrogens is 6. The minimum Gasteiger partial charge on any atom is -0.464 e. The highest BCUT2D eigenvalue weighted by molar-refractivity contribution is 5.48. The van der Waals surface area contributed by atoms with Crippen LogP contribution in [0.1, 0.15) is 6.92 Å². The van der Waals surface area contributed by atoms with Crippen LogP contribution in [-0.2, 0) is 0 Å². The molecule has 0 unspecified atom stereocenters. The van der Waals surface area contributed by atoms with Gasteiger partial charge in [0.1, 0.15) is 0 Å². The van der Waals surface area contributed by atoms with Crippen molar-refractivity contribution in [2.45, 2.75) is 78.8 Å². The Morgan fingerprint density at radius 1 is 0.364 bits per heavy atom. The molecule has 0 radical (unpaired) electrons. The third-order valence-corrected chi connectivity index (χ3v) is 7.69. The number of anilines is 2. The highest BCUT2D eigenvalue weighted by atomic mass is 19.4. The maximum absolute atomic E-state index is 14.3. The first kappa shape index (κ1) is 55.0. The average Bonchev–Trinajstić information content (AvgIpc) is 3.17. The Bertz CT molecular complexity index is 1970. The lowest BCUT2D eigenvalue weighted by Crippen LogP contribution is -2.62. The van der Waals surface area contributed by atoms with E-state index in [1.165, 1.54) is 0 Å². The zero-order valence-corrected chi connectivity index (χ0v) is 30.8. The van der Waals surface area contributed by atoms with Gasteiger partial charge >= 0.3 is 95.9 Å². The van der Waals surface area contributed by atoms with E-state index in [1.54, 1.807) is 0 Å². The molecule has 2 aromatic rings. The summed E-state index contributed by atoms with van der Waals surface area (Å²) in [5.41, 5.74) is 0. The van der Waals surface area contributed by atoms with Crippen LogP contribution in [0.4, 0.5) is 130 Å². The summed E-state index contributed by atoms with van der Waals surface area (Å²) in [6.07, 6.45) is -20.2. The number of alkyl halides is 27. The van der Waals surface area contributed by atoms with E-state index >= 15 is 0 Å². The fraction of sp³-hybridized carbons (Fsp3) is 0.704. The van der Waals surface area contributed by atoms with Gasteiger partial charge in [-0.15, -0.1) is 9.97 Å². The van der Waals surface area contributed by atoms with Gasteiger partial charge < -0.3 is 18.9 Å². The molecular weight excluding hydrogens is 1010 g/mol. The van der Waals surface area contributed by atoms with Gasteiger partial charge in [0.15, 0.2) is 19.8 Å². The lowest BCUT2D eigenvalue weighted by atomic mass is 10.0. The second-order valence-electron chi connectivity index (χ2n) is 12.4. The molecule has 2 aromatic heterocycles. The van der Waals surface area contributed by atoms with E-state index in [0.29, 0.717) is 5.01 Å². The van der Waals surface area contributed by atoms with Crippen molar-refractivity contribution in [2.75, 3.05) is 49.5 Å². The summed E-state index contributed by atoms with van der Waals surface area (Å²) in [4.78, 5) is 18.6. The van der Waals surface area contributed by atoms with Gasteiger partial charge in [0.2, 0.25) is 0 Å². The lowest BCUT2D eigenvalue weighted by molar-refractivity contribution is -0.398. The summed E-state index contributed by atoms with van der Waals surface area (Å²) < 4.78 is 379. The van der Waals surface area contributed by atoms with Crippen LogP contribution in [0.15, 0.2) is 12.2 Å². The highest BCUT2D eigenvalue weighted by Gasteiger charge is 2.84. The Kier molecular flexibility index (Phi) is 14.5. The minimum atomic E-state index is -7.58. The van der Waals surface area contributed by atoms with Gasteiger partial charge in [0.25, 0.3) is 11.9 Å². The van der Waals surface area contributed by atoms with E-state index < -0.39 is 147 Å². The maximum atomic E-state index is 14.3. The quantitative estimate of drug-likeness (QED) is 0.0989. The van der Waals surface area contributed by atoms with E-state index in [1.807, 2.05) is 0 Å². The highest BCUT2D eigenvalue weighted by Crippen LogP contribution is 2.55. The molecule has 0 aliphatic carbocycles. The largest absolute Gasteiger partial charge is 0.464 e. The van der Waals surface area contributed by atoms with Crippen LogP contribution >= 0.6 is 0 Å². The second kappa shape index (κ2) is 17.4. The van der Waals surface area contributed by atoms with Crippen LogP contribution in [-0.4, -0.2) is 141 Å². The first-order valence-electron chi connectivity index (χ1n) is 16.2. The molecule has 0 amide bonds. The van der Waals surface area contributed by atoms with Gasteiger partial charge in [-0.2, -0.15) is 138 Å². The van der Waals surface area contributed by atoms with Crippen molar-refractivity contribution < 1.29 is 137 Å². The lowest BCUT2D eigenvalue weighted by Gasteiger charge is -2.36.